The Balaban J connectivity index is 2.16. The lowest BCUT2D eigenvalue weighted by Crippen LogP contribution is -2.28. The summed E-state index contributed by atoms with van der Waals surface area (Å²) in [5.74, 6) is 0.796. The van der Waals surface area contributed by atoms with E-state index in [-0.39, 0.29) is 0 Å². The van der Waals surface area contributed by atoms with Crippen LogP contribution in [0.5, 0.6) is 0 Å². The lowest BCUT2D eigenvalue weighted by Gasteiger charge is -2.39. The Morgan fingerprint density at radius 2 is 1.88 bits per heavy atom. The minimum atomic E-state index is 0.346. The monoisotopic (exact) mass is 233 g/mol. The van der Waals surface area contributed by atoms with Gasteiger partial charge < -0.3 is 4.90 Å². The van der Waals surface area contributed by atoms with Gasteiger partial charge in [-0.2, -0.15) is 0 Å². The van der Waals surface area contributed by atoms with Crippen molar-refractivity contribution in [2.45, 2.75) is 53.4 Å². The molecule has 1 unspecified atom stereocenters. The molecule has 1 aliphatic heterocycles. The Kier molecular flexibility index (Phi) is 3.65. The predicted octanol–water partition coefficient (Wildman–Crippen LogP) is 4.37. The molecule has 1 atom stereocenters. The van der Waals surface area contributed by atoms with Crippen molar-refractivity contribution >= 4 is 0 Å². The summed E-state index contributed by atoms with van der Waals surface area (Å²) in [6.45, 7) is 12.0. The lowest BCUT2D eigenvalue weighted by atomic mass is 9.66. The molecule has 0 radical (unpaired) electrons. The van der Waals surface area contributed by atoms with Crippen molar-refractivity contribution in [1.29, 1.82) is 0 Å². The summed E-state index contributed by atoms with van der Waals surface area (Å²) in [6, 6.07) is 0. The van der Waals surface area contributed by atoms with Crippen LogP contribution in [0.3, 0.4) is 0 Å². The Hall–Kier alpha value is -0.720. The smallest absolute Gasteiger partial charge is 0.0173 e. The van der Waals surface area contributed by atoms with Gasteiger partial charge in [-0.1, -0.05) is 26.3 Å². The second-order valence-corrected chi connectivity index (χ2v) is 6.41. The van der Waals surface area contributed by atoms with Crippen LogP contribution >= 0.6 is 0 Å². The van der Waals surface area contributed by atoms with Gasteiger partial charge in [0.2, 0.25) is 0 Å². The van der Waals surface area contributed by atoms with Crippen molar-refractivity contribution < 1.29 is 0 Å². The zero-order chi connectivity index (χ0) is 12.5. The minimum absolute atomic E-state index is 0.346. The summed E-state index contributed by atoms with van der Waals surface area (Å²) in [5.41, 5.74) is 3.53. The normalized spacial score (nSPS) is 29.4. The average molecular weight is 233 g/mol. The third kappa shape index (κ3) is 2.59. The number of hydrogen-bond donors (Lipinski definition) is 0. The highest BCUT2D eigenvalue weighted by molar-refractivity contribution is 5.33. The van der Waals surface area contributed by atoms with Crippen LogP contribution in [0.4, 0.5) is 0 Å². The molecule has 2 aliphatic rings. The zero-order valence-corrected chi connectivity index (χ0v) is 11.9. The maximum atomic E-state index is 2.47. The van der Waals surface area contributed by atoms with Crippen molar-refractivity contribution in [2.75, 3.05) is 13.1 Å². The molecule has 0 saturated carbocycles. The molecular formula is C16H27N. The highest BCUT2D eigenvalue weighted by Crippen LogP contribution is 2.44. The van der Waals surface area contributed by atoms with E-state index < -0.39 is 0 Å². The topological polar surface area (TPSA) is 3.24 Å². The van der Waals surface area contributed by atoms with Crippen LogP contribution in [0.25, 0.3) is 0 Å². The SMILES string of the molecule is CC1=C(C=CN2CCCC2)C(C)(C)C(C)CC1. The fraction of sp³-hybridized carbons (Fsp3) is 0.750. The van der Waals surface area contributed by atoms with E-state index in [1.54, 1.807) is 11.1 Å². The summed E-state index contributed by atoms with van der Waals surface area (Å²) in [4.78, 5) is 2.47. The van der Waals surface area contributed by atoms with Crippen LogP contribution < -0.4 is 0 Å². The highest BCUT2D eigenvalue weighted by atomic mass is 15.1. The molecule has 17 heavy (non-hydrogen) atoms. The minimum Gasteiger partial charge on any atom is -0.377 e. The van der Waals surface area contributed by atoms with Crippen LogP contribution in [0.15, 0.2) is 23.4 Å². The van der Waals surface area contributed by atoms with Crippen LogP contribution in [-0.2, 0) is 0 Å². The molecule has 0 aromatic rings. The molecular weight excluding hydrogens is 206 g/mol. The van der Waals surface area contributed by atoms with Gasteiger partial charge >= 0.3 is 0 Å². The van der Waals surface area contributed by atoms with Crippen molar-refractivity contribution in [1.82, 2.24) is 4.90 Å². The molecule has 0 aromatic carbocycles. The van der Waals surface area contributed by atoms with Crippen LogP contribution in [0.1, 0.15) is 53.4 Å². The van der Waals surface area contributed by atoms with Gasteiger partial charge in [0.05, 0.1) is 0 Å². The fourth-order valence-corrected chi connectivity index (χ4v) is 3.17. The van der Waals surface area contributed by atoms with Crippen LogP contribution in [0, 0.1) is 11.3 Å². The number of allylic oxidation sites excluding steroid dienone is 3. The van der Waals surface area contributed by atoms with E-state index in [1.807, 2.05) is 0 Å². The zero-order valence-electron chi connectivity index (χ0n) is 11.9. The fourth-order valence-electron chi connectivity index (χ4n) is 3.17. The van der Waals surface area contributed by atoms with Crippen molar-refractivity contribution in [3.8, 4) is 0 Å². The molecule has 0 amide bonds. The number of rotatable bonds is 2. The summed E-state index contributed by atoms with van der Waals surface area (Å²) in [6.07, 6.45) is 10.1. The second-order valence-electron chi connectivity index (χ2n) is 6.41. The quantitative estimate of drug-likeness (QED) is 0.684. The van der Waals surface area contributed by atoms with E-state index in [1.165, 1.54) is 38.8 Å². The third-order valence-corrected chi connectivity index (χ3v) is 4.93. The third-order valence-electron chi connectivity index (χ3n) is 4.93. The maximum Gasteiger partial charge on any atom is 0.0173 e. The first-order chi connectivity index (χ1) is 8.01. The van der Waals surface area contributed by atoms with E-state index in [4.69, 9.17) is 0 Å². The molecule has 0 spiro atoms. The first kappa shape index (κ1) is 12.7. The number of nitrogens with zero attached hydrogens (tertiary/aromatic N) is 1. The predicted molar refractivity (Wildman–Crippen MR) is 74.8 cm³/mol. The van der Waals surface area contributed by atoms with Crippen molar-refractivity contribution in [2.24, 2.45) is 11.3 Å². The van der Waals surface area contributed by atoms with E-state index in [2.05, 4.69) is 44.9 Å². The van der Waals surface area contributed by atoms with Crippen LogP contribution in [0.2, 0.25) is 0 Å². The average Bonchev–Trinajstić information content (AvgIpc) is 2.77. The summed E-state index contributed by atoms with van der Waals surface area (Å²) in [7, 11) is 0. The van der Waals surface area contributed by atoms with Gasteiger partial charge in [-0.25, -0.2) is 0 Å². The summed E-state index contributed by atoms with van der Waals surface area (Å²) < 4.78 is 0. The summed E-state index contributed by atoms with van der Waals surface area (Å²) >= 11 is 0. The molecule has 1 saturated heterocycles. The van der Waals surface area contributed by atoms with E-state index >= 15 is 0 Å². The van der Waals surface area contributed by atoms with E-state index in [9.17, 15) is 0 Å². The standard InChI is InChI=1S/C16H27N/c1-13-7-8-14(2)16(3,4)15(13)9-12-17-10-5-6-11-17/h9,12,14H,5-8,10-11H2,1-4H3. The van der Waals surface area contributed by atoms with Crippen LogP contribution in [-0.4, -0.2) is 18.0 Å². The molecule has 96 valence electrons. The molecule has 0 aromatic heterocycles. The van der Waals surface area contributed by atoms with Gasteiger partial charge in [-0.3, -0.25) is 0 Å². The number of likely N-dealkylation sites (tertiary alicyclic amines) is 1. The van der Waals surface area contributed by atoms with Crippen molar-refractivity contribution in [3.05, 3.63) is 23.4 Å². The van der Waals surface area contributed by atoms with Gasteiger partial charge in [0.15, 0.2) is 0 Å². The molecule has 1 heteroatoms. The largest absolute Gasteiger partial charge is 0.377 e. The van der Waals surface area contributed by atoms with Gasteiger partial charge in [-0.05, 0) is 61.8 Å². The Morgan fingerprint density at radius 1 is 1.24 bits per heavy atom. The second kappa shape index (κ2) is 4.88. The number of hydrogen-bond acceptors (Lipinski definition) is 1. The maximum absolute atomic E-state index is 2.47. The highest BCUT2D eigenvalue weighted by Gasteiger charge is 2.33. The first-order valence-electron chi connectivity index (χ1n) is 7.14. The molecule has 0 N–H and O–H groups in total. The Labute approximate surface area is 107 Å². The Bertz CT molecular complexity index is 329. The van der Waals surface area contributed by atoms with Gasteiger partial charge in [0, 0.05) is 13.1 Å². The molecule has 1 heterocycles. The van der Waals surface area contributed by atoms with Crippen molar-refractivity contribution in [3.63, 3.8) is 0 Å². The lowest BCUT2D eigenvalue weighted by molar-refractivity contribution is 0.256. The first-order valence-corrected chi connectivity index (χ1v) is 7.14. The van der Waals surface area contributed by atoms with Gasteiger partial charge in [-0.15, -0.1) is 0 Å². The van der Waals surface area contributed by atoms with Gasteiger partial charge in [0.25, 0.3) is 0 Å². The van der Waals surface area contributed by atoms with Gasteiger partial charge in [0.1, 0.15) is 0 Å². The molecule has 0 bridgehead atoms. The summed E-state index contributed by atoms with van der Waals surface area (Å²) in [5, 5.41) is 0. The molecule has 2 rings (SSSR count). The Morgan fingerprint density at radius 3 is 2.53 bits per heavy atom. The van der Waals surface area contributed by atoms with E-state index in [0.29, 0.717) is 5.41 Å². The van der Waals surface area contributed by atoms with E-state index in [0.717, 1.165) is 5.92 Å². The molecule has 1 nitrogen and oxygen atoms in total. The molecule has 1 fully saturated rings. The molecule has 1 aliphatic carbocycles.